The Morgan fingerprint density at radius 2 is 1.06 bits per heavy atom. The third-order valence-electron chi connectivity index (χ3n) is 11.4. The van der Waals surface area contributed by atoms with Crippen LogP contribution in [-0.4, -0.2) is 79.3 Å². The lowest BCUT2D eigenvalue weighted by atomic mass is 10.2. The molecule has 0 aliphatic rings. The zero-order valence-corrected chi connectivity index (χ0v) is 65.4. The fourth-order valence-electron chi connectivity index (χ4n) is 5.91. The molecular weight excluding hydrogens is 1330 g/mol. The third-order valence-corrected chi connectivity index (χ3v) is 17.2. The average Bonchev–Trinajstić information content (AvgIpc) is 4.51. The van der Waals surface area contributed by atoms with E-state index in [4.69, 9.17) is 22.2 Å². The van der Waals surface area contributed by atoms with Gasteiger partial charge < -0.3 is 26.7 Å². The highest BCUT2D eigenvalue weighted by Gasteiger charge is 2.07. The molecule has 0 saturated carbocycles. The summed E-state index contributed by atoms with van der Waals surface area (Å²) in [5.41, 5.74) is 5.39. The van der Waals surface area contributed by atoms with Crippen LogP contribution in [-0.2, 0) is 0 Å². The molecule has 0 aliphatic heterocycles. The second kappa shape index (κ2) is 52.0. The predicted octanol–water partition coefficient (Wildman–Crippen LogP) is 22.0. The van der Waals surface area contributed by atoms with Crippen molar-refractivity contribution in [2.45, 2.75) is 237 Å². The topological polar surface area (TPSA) is 285 Å². The summed E-state index contributed by atoms with van der Waals surface area (Å²) in [4.78, 5) is 34.4. The van der Waals surface area contributed by atoms with Crippen molar-refractivity contribution in [2.24, 2.45) is 0 Å². The second-order valence-electron chi connectivity index (χ2n) is 24.1. The van der Waals surface area contributed by atoms with Gasteiger partial charge in [0, 0.05) is 86.7 Å². The Labute approximate surface area is 594 Å². The van der Waals surface area contributed by atoms with E-state index < -0.39 is 0 Å². The minimum atomic E-state index is 0.345. The minimum absolute atomic E-state index is 0.345. The molecule has 28 heteroatoms. The van der Waals surface area contributed by atoms with Crippen LogP contribution in [0.5, 0.6) is 0 Å². The third kappa shape index (κ3) is 41.0. The molecule has 0 fully saturated rings. The second-order valence-corrected chi connectivity index (χ2v) is 29.2. The van der Waals surface area contributed by atoms with Gasteiger partial charge in [-0.1, -0.05) is 183 Å². The summed E-state index contributed by atoms with van der Waals surface area (Å²) in [5.74, 6) is 11.9. The molecule has 22 nitrogen and oxygen atoms in total. The molecule has 0 aliphatic carbocycles. The molecule has 12 rings (SSSR count). The highest BCUT2D eigenvalue weighted by atomic mass is 32.1. The van der Waals surface area contributed by atoms with Gasteiger partial charge in [-0.15, -0.1) is 65.7 Å². The Morgan fingerprint density at radius 3 is 1.31 bits per heavy atom. The van der Waals surface area contributed by atoms with Crippen molar-refractivity contribution in [1.82, 2.24) is 79.3 Å². The van der Waals surface area contributed by atoms with Crippen LogP contribution in [0.2, 0.25) is 0 Å². The van der Waals surface area contributed by atoms with Crippen molar-refractivity contribution >= 4 is 68.4 Å². The lowest BCUT2D eigenvalue weighted by Gasteiger charge is -1.95. The van der Waals surface area contributed by atoms with E-state index >= 15 is 0 Å². The number of hydrogen-bond donors (Lipinski definition) is 0. The lowest BCUT2D eigenvalue weighted by molar-refractivity contribution is 0.364. The smallest absolute Gasteiger partial charge is 0.228 e. The number of nitrogens with zero attached hydrogens (tertiary/aromatic N) is 16. The molecule has 0 amide bonds. The van der Waals surface area contributed by atoms with Gasteiger partial charge >= 0.3 is 0 Å². The number of furan rings is 1. The van der Waals surface area contributed by atoms with Crippen LogP contribution in [0.3, 0.4) is 0 Å². The monoisotopic (exact) mass is 1430 g/mol. The Hall–Kier alpha value is -7.24. The standard InChI is InChI=1S/C7H10O.C7H10S.2C6H9NO.2C6H9NS.3C5H8N2O.3C5H8N2S/c2*1-6(2)7-4-3-5-8-7;1-5(2)6-3-7-4-8-6;1-5(2)6-7-3-4-8-6;1-5(2)6-3-7-4-8-6;1-5(2)6-7-3-4-8-6;1-4(2)5-7-6-3-8-5;1-4(2)5-6-3-8-7-5;1-4(2)5-6-3-7-8-5;1-4(2)5-7-6-3-8-5;1-4(2)5-6-3-8-7-5;1-4(2)5-6-3-7-8-5/h2*3-6H,1-2H3;4*3-5H,1-2H3;6*3-4H,1-2H3. The fraction of sp³-hybridized carbons (Fsp3) is 0.529. The zero-order chi connectivity index (χ0) is 71.8. The van der Waals surface area contributed by atoms with Crippen molar-refractivity contribution in [3.05, 3.63) is 186 Å². The van der Waals surface area contributed by atoms with Crippen molar-refractivity contribution in [3.8, 4) is 0 Å². The van der Waals surface area contributed by atoms with Crippen LogP contribution in [0.25, 0.3) is 0 Å². The fourth-order valence-corrected chi connectivity index (χ4v) is 9.59. The summed E-state index contributed by atoms with van der Waals surface area (Å²) < 4.78 is 37.1. The molecule has 528 valence electrons. The number of aromatic nitrogens is 16. The van der Waals surface area contributed by atoms with E-state index in [2.05, 4.69) is 212 Å². The van der Waals surface area contributed by atoms with E-state index in [0.29, 0.717) is 82.8 Å². The summed E-state index contributed by atoms with van der Waals surface area (Å²) in [7, 11) is 0. The van der Waals surface area contributed by atoms with Gasteiger partial charge in [0.1, 0.15) is 51.0 Å². The van der Waals surface area contributed by atoms with Crippen LogP contribution in [0.4, 0.5) is 0 Å². The van der Waals surface area contributed by atoms with Gasteiger partial charge in [0.25, 0.3) is 0 Å². The summed E-state index contributed by atoms with van der Waals surface area (Å²) in [6, 6.07) is 8.18. The van der Waals surface area contributed by atoms with Gasteiger partial charge in [0.2, 0.25) is 24.6 Å². The van der Waals surface area contributed by atoms with E-state index in [-0.39, 0.29) is 0 Å². The Morgan fingerprint density at radius 1 is 0.385 bits per heavy atom. The number of hydrogen-bond acceptors (Lipinski definition) is 28. The van der Waals surface area contributed by atoms with Crippen LogP contribution < -0.4 is 0 Å². The summed E-state index contributed by atoms with van der Waals surface area (Å²) >= 11 is 9.76. The van der Waals surface area contributed by atoms with Crippen LogP contribution in [0.15, 0.2) is 147 Å². The van der Waals surface area contributed by atoms with Crippen LogP contribution in [0, 0.1) is 0 Å². The quantitative estimate of drug-likeness (QED) is 0.110. The molecule has 12 aromatic rings. The number of oxazole rings is 2. The molecule has 12 heterocycles. The number of thiazole rings is 2. The SMILES string of the molecule is CC(C)c1ccco1.CC(C)c1cccs1.CC(C)c1cnco1.CC(C)c1cncs1.CC(C)c1ncco1.CC(C)c1nccs1.CC(C)c1ncno1.CC(C)c1ncns1.CC(C)c1ncon1.CC(C)c1ncsn1.CC(C)c1nnco1.CC(C)c1nncs1. The molecule has 0 radical (unpaired) electrons. The highest BCUT2D eigenvalue weighted by Crippen LogP contribution is 2.21. The summed E-state index contributed by atoms with van der Waals surface area (Å²) in [6.07, 6.45) is 17.6. The Balaban J connectivity index is 0.000000524. The van der Waals surface area contributed by atoms with Crippen molar-refractivity contribution in [1.29, 1.82) is 0 Å². The van der Waals surface area contributed by atoms with Crippen molar-refractivity contribution in [3.63, 3.8) is 0 Å². The molecule has 0 aromatic carbocycles. The van der Waals surface area contributed by atoms with E-state index in [1.165, 1.54) is 63.3 Å². The normalized spacial score (nSPS) is 10.4. The predicted molar refractivity (Wildman–Crippen MR) is 392 cm³/mol. The molecule has 0 saturated heterocycles. The average molecular weight is 1430 g/mol. The number of rotatable bonds is 12. The molecule has 0 bridgehead atoms. The first-order valence-corrected chi connectivity index (χ1v) is 37.0. The molecule has 12 aromatic heterocycles. The minimum Gasteiger partial charge on any atom is -0.469 e. The first-order valence-electron chi connectivity index (χ1n) is 31.9. The van der Waals surface area contributed by atoms with Gasteiger partial charge in [0.15, 0.2) is 24.4 Å². The van der Waals surface area contributed by atoms with E-state index in [9.17, 15) is 0 Å². The molecule has 0 N–H and O–H groups in total. The van der Waals surface area contributed by atoms with Crippen LogP contribution in [0.1, 0.15) is 303 Å². The van der Waals surface area contributed by atoms with E-state index in [1.54, 1.807) is 76.3 Å². The van der Waals surface area contributed by atoms with Gasteiger partial charge in [-0.25, -0.2) is 24.9 Å². The van der Waals surface area contributed by atoms with Crippen molar-refractivity contribution < 1.29 is 26.7 Å². The summed E-state index contributed by atoms with van der Waals surface area (Å²) in [6.45, 7) is 50.2. The molecule has 0 atom stereocenters. The van der Waals surface area contributed by atoms with E-state index in [0.717, 1.165) is 39.1 Å². The van der Waals surface area contributed by atoms with Gasteiger partial charge in [-0.05, 0) is 58.5 Å². The first kappa shape index (κ1) is 86.8. The first-order chi connectivity index (χ1) is 45.7. The number of thiophene rings is 1. The Kier molecular flexibility index (Phi) is 47.0. The largest absolute Gasteiger partial charge is 0.469 e. The maximum atomic E-state index is 5.09. The molecule has 0 spiro atoms. The van der Waals surface area contributed by atoms with Gasteiger partial charge in [0.05, 0.1) is 29.2 Å². The van der Waals surface area contributed by atoms with Crippen molar-refractivity contribution in [2.75, 3.05) is 0 Å². The van der Waals surface area contributed by atoms with E-state index in [1.807, 2.05) is 102 Å². The zero-order valence-electron chi connectivity index (χ0n) is 60.5. The maximum Gasteiger partial charge on any atom is 0.228 e. The Bertz CT molecular complexity index is 2570. The molecular formula is C68H104N16O6S6. The molecule has 0 unspecified atom stereocenters. The van der Waals surface area contributed by atoms with Gasteiger partial charge in [-0.2, -0.15) is 18.7 Å². The lowest BCUT2D eigenvalue weighted by Crippen LogP contribution is -1.87. The van der Waals surface area contributed by atoms with Gasteiger partial charge in [-0.3, -0.25) is 4.98 Å². The maximum absolute atomic E-state index is 5.09. The summed E-state index contributed by atoms with van der Waals surface area (Å²) in [5, 5.41) is 29.5. The highest BCUT2D eigenvalue weighted by molar-refractivity contribution is 7.10. The molecule has 96 heavy (non-hydrogen) atoms. The van der Waals surface area contributed by atoms with Crippen LogP contribution >= 0.6 is 68.4 Å².